The van der Waals surface area contributed by atoms with Gasteiger partial charge in [-0.25, -0.2) is 4.98 Å². The molecule has 20 heavy (non-hydrogen) atoms. The van der Waals surface area contributed by atoms with Gasteiger partial charge in [0.1, 0.15) is 5.65 Å². The van der Waals surface area contributed by atoms with Crippen LogP contribution < -0.4 is 5.32 Å². The van der Waals surface area contributed by atoms with Gasteiger partial charge in [-0.2, -0.15) is 0 Å². The highest BCUT2D eigenvalue weighted by Crippen LogP contribution is 2.24. The molecule has 0 radical (unpaired) electrons. The normalized spacial score (nSPS) is 12.6. The largest absolute Gasteiger partial charge is 0.377 e. The summed E-state index contributed by atoms with van der Waals surface area (Å²) in [4.78, 5) is 4.64. The lowest BCUT2D eigenvalue weighted by molar-refractivity contribution is 0.851. The van der Waals surface area contributed by atoms with Crippen molar-refractivity contribution < 1.29 is 0 Å². The fourth-order valence-electron chi connectivity index (χ4n) is 2.17. The van der Waals surface area contributed by atoms with Crippen LogP contribution >= 0.6 is 15.9 Å². The van der Waals surface area contributed by atoms with E-state index >= 15 is 0 Å². The highest BCUT2D eigenvalue weighted by molar-refractivity contribution is 9.10. The van der Waals surface area contributed by atoms with Crippen LogP contribution in [0.5, 0.6) is 0 Å². The number of hydrogen-bond donors (Lipinski definition) is 1. The molecule has 102 valence electrons. The number of nitrogens with zero attached hydrogens (tertiary/aromatic N) is 2. The third-order valence-corrected chi connectivity index (χ3v) is 4.24. The molecule has 3 rings (SSSR count). The molecule has 0 fully saturated rings. The van der Waals surface area contributed by atoms with Crippen LogP contribution in [-0.2, 0) is 0 Å². The lowest BCUT2D eigenvalue weighted by Gasteiger charge is -2.13. The molecule has 2 heterocycles. The van der Waals surface area contributed by atoms with Crippen molar-refractivity contribution in [2.24, 2.45) is 0 Å². The van der Waals surface area contributed by atoms with Crippen LogP contribution in [0, 0.1) is 6.92 Å². The van der Waals surface area contributed by atoms with Gasteiger partial charge in [-0.05, 0) is 43.7 Å². The molecule has 3 nitrogen and oxygen atoms in total. The first-order chi connectivity index (χ1) is 9.63. The average Bonchev–Trinajstić information content (AvgIpc) is 2.87. The molecule has 2 aromatic heterocycles. The first-order valence-corrected chi connectivity index (χ1v) is 7.39. The Bertz CT molecular complexity index is 715. The number of hydrogen-bond acceptors (Lipinski definition) is 2. The molecule has 1 aromatic carbocycles. The van der Waals surface area contributed by atoms with Gasteiger partial charge in [0.25, 0.3) is 0 Å². The summed E-state index contributed by atoms with van der Waals surface area (Å²) in [6, 6.07) is 12.5. The molecule has 0 bridgehead atoms. The van der Waals surface area contributed by atoms with Gasteiger partial charge in [0.2, 0.25) is 0 Å². The Kier molecular flexibility index (Phi) is 3.49. The van der Waals surface area contributed by atoms with Crippen LogP contribution in [-0.4, -0.2) is 9.38 Å². The third-order valence-electron chi connectivity index (χ3n) is 3.38. The number of halogens is 1. The summed E-state index contributed by atoms with van der Waals surface area (Å²) < 4.78 is 3.16. The molecule has 0 aliphatic carbocycles. The predicted octanol–water partition coefficient (Wildman–Crippen LogP) is 4.58. The lowest BCUT2D eigenvalue weighted by Crippen LogP contribution is -2.06. The number of imidazole rings is 1. The Morgan fingerprint density at radius 2 is 2.10 bits per heavy atom. The van der Waals surface area contributed by atoms with Gasteiger partial charge in [-0.15, -0.1) is 0 Å². The van der Waals surface area contributed by atoms with Crippen LogP contribution in [0.4, 0.5) is 5.69 Å². The Labute approximate surface area is 126 Å². The van der Waals surface area contributed by atoms with Crippen molar-refractivity contribution in [3.05, 3.63) is 64.5 Å². The van der Waals surface area contributed by atoms with Gasteiger partial charge in [0.05, 0.1) is 11.7 Å². The minimum Gasteiger partial charge on any atom is -0.377 e. The van der Waals surface area contributed by atoms with E-state index in [1.165, 1.54) is 5.56 Å². The van der Waals surface area contributed by atoms with E-state index in [4.69, 9.17) is 0 Å². The van der Waals surface area contributed by atoms with Crippen LogP contribution in [0.15, 0.2) is 53.3 Å². The highest BCUT2D eigenvalue weighted by atomic mass is 79.9. The number of aryl methyl sites for hydroxylation is 1. The molecule has 1 N–H and O–H groups in total. The smallest absolute Gasteiger partial charge is 0.137 e. The predicted molar refractivity (Wildman–Crippen MR) is 86.1 cm³/mol. The number of benzene rings is 1. The highest BCUT2D eigenvalue weighted by Gasteiger charge is 2.10. The summed E-state index contributed by atoms with van der Waals surface area (Å²) in [6.07, 6.45) is 4.08. The summed E-state index contributed by atoms with van der Waals surface area (Å²) in [6.45, 7) is 4.20. The second-order valence-electron chi connectivity index (χ2n) is 4.96. The van der Waals surface area contributed by atoms with Crippen molar-refractivity contribution in [3.63, 3.8) is 0 Å². The van der Waals surface area contributed by atoms with E-state index in [1.54, 1.807) is 0 Å². The average molecular weight is 330 g/mol. The van der Waals surface area contributed by atoms with Crippen LogP contribution in [0.25, 0.3) is 5.65 Å². The molecule has 0 saturated carbocycles. The number of fused-ring (bicyclic) bond motifs is 1. The van der Waals surface area contributed by atoms with Gasteiger partial charge in [0.15, 0.2) is 0 Å². The van der Waals surface area contributed by atoms with Gasteiger partial charge in [0, 0.05) is 22.6 Å². The molecular weight excluding hydrogens is 314 g/mol. The van der Waals surface area contributed by atoms with Gasteiger partial charge < -0.3 is 9.72 Å². The molecule has 0 spiro atoms. The molecule has 3 aromatic rings. The van der Waals surface area contributed by atoms with Crippen LogP contribution in [0.2, 0.25) is 0 Å². The van der Waals surface area contributed by atoms with E-state index in [1.807, 2.05) is 28.8 Å². The van der Waals surface area contributed by atoms with Crippen molar-refractivity contribution in [1.29, 1.82) is 0 Å². The van der Waals surface area contributed by atoms with E-state index in [2.05, 4.69) is 64.5 Å². The van der Waals surface area contributed by atoms with Gasteiger partial charge in [-0.1, -0.05) is 28.1 Å². The Hall–Kier alpha value is -1.81. The summed E-state index contributed by atoms with van der Waals surface area (Å²) in [5.41, 5.74) is 4.33. The first kappa shape index (κ1) is 13.2. The maximum Gasteiger partial charge on any atom is 0.137 e. The van der Waals surface area contributed by atoms with E-state index in [-0.39, 0.29) is 6.04 Å². The number of pyridine rings is 1. The zero-order chi connectivity index (χ0) is 14.1. The van der Waals surface area contributed by atoms with Crippen LogP contribution in [0.3, 0.4) is 0 Å². The van der Waals surface area contributed by atoms with E-state index in [9.17, 15) is 0 Å². The molecule has 0 aliphatic rings. The minimum absolute atomic E-state index is 0.157. The second kappa shape index (κ2) is 5.29. The number of nitrogens with one attached hydrogen (secondary N) is 1. The van der Waals surface area contributed by atoms with E-state index in [0.29, 0.717) is 0 Å². The quantitative estimate of drug-likeness (QED) is 0.762. The topological polar surface area (TPSA) is 29.3 Å². The molecule has 0 unspecified atom stereocenters. The van der Waals surface area contributed by atoms with Gasteiger partial charge >= 0.3 is 0 Å². The second-order valence-corrected chi connectivity index (χ2v) is 5.82. The Balaban J connectivity index is 1.84. The molecule has 4 heteroatoms. The zero-order valence-corrected chi connectivity index (χ0v) is 13.1. The molecule has 1 atom stereocenters. The fourth-order valence-corrected chi connectivity index (χ4v) is 2.55. The summed E-state index contributed by atoms with van der Waals surface area (Å²) in [7, 11) is 0. The molecule has 0 saturated heterocycles. The maximum atomic E-state index is 4.64. The van der Waals surface area contributed by atoms with E-state index < -0.39 is 0 Å². The monoisotopic (exact) mass is 329 g/mol. The maximum absolute atomic E-state index is 4.64. The van der Waals surface area contributed by atoms with Crippen molar-refractivity contribution in [2.45, 2.75) is 19.9 Å². The number of rotatable bonds is 3. The Morgan fingerprint density at radius 3 is 2.85 bits per heavy atom. The van der Waals surface area contributed by atoms with E-state index in [0.717, 1.165) is 21.5 Å². The molecular formula is C16H16BrN3. The van der Waals surface area contributed by atoms with Gasteiger partial charge in [-0.3, -0.25) is 0 Å². The standard InChI is InChI=1S/C16H16BrN3/c1-11-6-7-13(9-14(11)17)18-12(2)15-10-20-8-4-3-5-16(20)19-15/h3-10,12,18H,1-2H3/t12-/m1/s1. The Morgan fingerprint density at radius 1 is 1.25 bits per heavy atom. The first-order valence-electron chi connectivity index (χ1n) is 6.60. The van der Waals surface area contributed by atoms with Crippen molar-refractivity contribution in [2.75, 3.05) is 5.32 Å². The summed E-state index contributed by atoms with van der Waals surface area (Å²) >= 11 is 3.56. The zero-order valence-electron chi connectivity index (χ0n) is 11.5. The fraction of sp³-hybridized carbons (Fsp3) is 0.188. The lowest BCUT2D eigenvalue weighted by atomic mass is 10.2. The van der Waals surface area contributed by atoms with Crippen LogP contribution in [0.1, 0.15) is 24.2 Å². The van der Waals surface area contributed by atoms with Crippen molar-refractivity contribution in [1.82, 2.24) is 9.38 Å². The third kappa shape index (κ3) is 2.56. The van der Waals surface area contributed by atoms with Crippen molar-refractivity contribution in [3.8, 4) is 0 Å². The summed E-state index contributed by atoms with van der Waals surface area (Å²) in [5, 5.41) is 3.48. The summed E-state index contributed by atoms with van der Waals surface area (Å²) in [5.74, 6) is 0. The number of aromatic nitrogens is 2. The molecule has 0 amide bonds. The van der Waals surface area contributed by atoms with Crippen molar-refractivity contribution >= 4 is 27.3 Å². The molecule has 0 aliphatic heterocycles. The minimum atomic E-state index is 0.157. The SMILES string of the molecule is Cc1ccc(N[C@H](C)c2cn3ccccc3n2)cc1Br. The number of anilines is 1.